The van der Waals surface area contributed by atoms with E-state index in [4.69, 9.17) is 0 Å². The Morgan fingerprint density at radius 3 is 2.27 bits per heavy atom. The number of Topliss-reactive ketones (excluding diaryl/α,β-unsaturated/α-hetero) is 2. The number of aryl methyl sites for hydroxylation is 2. The lowest BCUT2D eigenvalue weighted by molar-refractivity contribution is 0.0963. The SMILES string of the molecule is Cc1cc(CCC(C)C)c2c(c1)C(=O)C1=C(CCCC1)C2=O. The second kappa shape index (κ2) is 5.83. The van der Waals surface area contributed by atoms with E-state index in [1.54, 1.807) is 0 Å². The highest BCUT2D eigenvalue weighted by molar-refractivity contribution is 6.27. The van der Waals surface area contributed by atoms with Crippen molar-refractivity contribution in [1.29, 1.82) is 0 Å². The molecule has 0 N–H and O–H groups in total. The molecule has 116 valence electrons. The normalized spacial score (nSPS) is 17.8. The van der Waals surface area contributed by atoms with Gasteiger partial charge in [0.1, 0.15) is 0 Å². The van der Waals surface area contributed by atoms with Crippen LogP contribution in [0.25, 0.3) is 0 Å². The number of carbonyl (C=O) groups is 2. The van der Waals surface area contributed by atoms with Crippen molar-refractivity contribution in [3.63, 3.8) is 0 Å². The smallest absolute Gasteiger partial charge is 0.190 e. The molecule has 3 rings (SSSR count). The van der Waals surface area contributed by atoms with Crippen LogP contribution in [0.2, 0.25) is 0 Å². The summed E-state index contributed by atoms with van der Waals surface area (Å²) >= 11 is 0. The van der Waals surface area contributed by atoms with Gasteiger partial charge in [-0.05, 0) is 63.0 Å². The highest BCUT2D eigenvalue weighted by Gasteiger charge is 2.34. The van der Waals surface area contributed by atoms with Crippen LogP contribution in [-0.2, 0) is 6.42 Å². The average Bonchev–Trinajstić information content (AvgIpc) is 2.50. The van der Waals surface area contributed by atoms with Crippen LogP contribution in [0.4, 0.5) is 0 Å². The van der Waals surface area contributed by atoms with Gasteiger partial charge in [-0.3, -0.25) is 9.59 Å². The predicted molar refractivity (Wildman–Crippen MR) is 88.5 cm³/mol. The van der Waals surface area contributed by atoms with E-state index in [1.807, 2.05) is 13.0 Å². The van der Waals surface area contributed by atoms with Crippen LogP contribution >= 0.6 is 0 Å². The topological polar surface area (TPSA) is 34.1 Å². The third-order valence-electron chi connectivity index (χ3n) is 4.84. The van der Waals surface area contributed by atoms with E-state index in [1.165, 1.54) is 0 Å². The van der Waals surface area contributed by atoms with Gasteiger partial charge >= 0.3 is 0 Å². The minimum atomic E-state index is 0.110. The Bertz CT molecular complexity index is 677. The molecule has 0 amide bonds. The van der Waals surface area contributed by atoms with Crippen LogP contribution in [0.5, 0.6) is 0 Å². The lowest BCUT2D eigenvalue weighted by Gasteiger charge is -2.26. The van der Waals surface area contributed by atoms with Crippen LogP contribution < -0.4 is 0 Å². The molecule has 0 spiro atoms. The number of carbonyl (C=O) groups excluding carboxylic acids is 2. The monoisotopic (exact) mass is 296 g/mol. The summed E-state index contributed by atoms with van der Waals surface area (Å²) in [4.78, 5) is 25.8. The molecule has 0 radical (unpaired) electrons. The summed E-state index contributed by atoms with van der Waals surface area (Å²) in [5, 5.41) is 0. The standard InChI is InChI=1S/C20H24O2/c1-12(2)8-9-14-10-13(3)11-17-18(14)20(22)16-7-5-4-6-15(16)19(17)21/h10-12H,4-9H2,1-3H3. The summed E-state index contributed by atoms with van der Waals surface area (Å²) in [6.07, 6.45) is 5.53. The highest BCUT2D eigenvalue weighted by Crippen LogP contribution is 2.37. The summed E-state index contributed by atoms with van der Waals surface area (Å²) < 4.78 is 0. The predicted octanol–water partition coefficient (Wildman–Crippen LogP) is 4.83. The number of ketones is 2. The molecule has 0 bridgehead atoms. The second-order valence-electron chi connectivity index (χ2n) is 7.10. The summed E-state index contributed by atoms with van der Waals surface area (Å²) in [6.45, 7) is 6.40. The van der Waals surface area contributed by atoms with E-state index in [9.17, 15) is 9.59 Å². The van der Waals surface area contributed by atoms with E-state index in [2.05, 4.69) is 19.9 Å². The lowest BCUT2D eigenvalue weighted by Crippen LogP contribution is -2.26. The Hall–Kier alpha value is -1.70. The van der Waals surface area contributed by atoms with Crippen molar-refractivity contribution in [1.82, 2.24) is 0 Å². The molecule has 0 aromatic heterocycles. The fourth-order valence-electron chi connectivity index (χ4n) is 3.67. The fourth-order valence-corrected chi connectivity index (χ4v) is 3.67. The van der Waals surface area contributed by atoms with Gasteiger partial charge in [-0.15, -0.1) is 0 Å². The Morgan fingerprint density at radius 1 is 1.00 bits per heavy atom. The zero-order chi connectivity index (χ0) is 15.9. The fraction of sp³-hybridized carbons (Fsp3) is 0.500. The molecule has 0 aliphatic heterocycles. The first-order valence-corrected chi connectivity index (χ1v) is 8.44. The first-order chi connectivity index (χ1) is 10.5. The summed E-state index contributed by atoms with van der Waals surface area (Å²) in [7, 11) is 0. The van der Waals surface area contributed by atoms with E-state index in [0.29, 0.717) is 17.0 Å². The molecule has 2 nitrogen and oxygen atoms in total. The molecule has 0 fully saturated rings. The van der Waals surface area contributed by atoms with Crippen molar-refractivity contribution in [3.8, 4) is 0 Å². The molecule has 0 unspecified atom stereocenters. The second-order valence-corrected chi connectivity index (χ2v) is 7.10. The Kier molecular flexibility index (Phi) is 4.03. The molecular formula is C20H24O2. The molecule has 0 saturated carbocycles. The molecule has 1 aromatic carbocycles. The molecule has 22 heavy (non-hydrogen) atoms. The molecule has 2 aliphatic carbocycles. The van der Waals surface area contributed by atoms with Crippen molar-refractivity contribution >= 4 is 11.6 Å². The van der Waals surface area contributed by atoms with E-state index < -0.39 is 0 Å². The summed E-state index contributed by atoms with van der Waals surface area (Å²) in [6, 6.07) is 4.01. The first-order valence-electron chi connectivity index (χ1n) is 8.44. The number of allylic oxidation sites excluding steroid dienone is 2. The van der Waals surface area contributed by atoms with Crippen LogP contribution in [0.3, 0.4) is 0 Å². The van der Waals surface area contributed by atoms with Crippen molar-refractivity contribution in [2.45, 2.75) is 59.3 Å². The molecule has 2 heteroatoms. The van der Waals surface area contributed by atoms with Crippen molar-refractivity contribution < 1.29 is 9.59 Å². The van der Waals surface area contributed by atoms with Gasteiger partial charge in [-0.1, -0.05) is 25.5 Å². The largest absolute Gasteiger partial charge is 0.289 e. The number of rotatable bonds is 3. The number of fused-ring (bicyclic) bond motifs is 1. The average molecular weight is 296 g/mol. The van der Waals surface area contributed by atoms with Crippen LogP contribution in [0.15, 0.2) is 23.3 Å². The van der Waals surface area contributed by atoms with Gasteiger partial charge in [0.25, 0.3) is 0 Å². The molecule has 0 saturated heterocycles. The van der Waals surface area contributed by atoms with E-state index in [0.717, 1.165) is 60.8 Å². The van der Waals surface area contributed by atoms with Crippen molar-refractivity contribution in [2.75, 3.05) is 0 Å². The molecular weight excluding hydrogens is 272 g/mol. The number of hydrogen-bond donors (Lipinski definition) is 0. The highest BCUT2D eigenvalue weighted by atomic mass is 16.1. The minimum Gasteiger partial charge on any atom is -0.289 e. The Balaban J connectivity index is 2.10. The zero-order valence-electron chi connectivity index (χ0n) is 13.8. The molecule has 1 aromatic rings. The van der Waals surface area contributed by atoms with Gasteiger partial charge < -0.3 is 0 Å². The van der Waals surface area contributed by atoms with Crippen LogP contribution in [-0.4, -0.2) is 11.6 Å². The van der Waals surface area contributed by atoms with Gasteiger partial charge in [0.2, 0.25) is 0 Å². The lowest BCUT2D eigenvalue weighted by atomic mass is 9.75. The minimum absolute atomic E-state index is 0.110. The van der Waals surface area contributed by atoms with Gasteiger partial charge in [0.05, 0.1) is 0 Å². The van der Waals surface area contributed by atoms with Crippen molar-refractivity contribution in [3.05, 3.63) is 45.5 Å². The maximum absolute atomic E-state index is 13.0. The Labute approximate surface area is 132 Å². The zero-order valence-corrected chi connectivity index (χ0v) is 13.8. The number of hydrogen-bond acceptors (Lipinski definition) is 2. The van der Waals surface area contributed by atoms with Gasteiger partial charge in [0, 0.05) is 22.3 Å². The van der Waals surface area contributed by atoms with Gasteiger partial charge in [-0.2, -0.15) is 0 Å². The first kappa shape index (κ1) is 15.2. The van der Waals surface area contributed by atoms with E-state index in [-0.39, 0.29) is 11.6 Å². The van der Waals surface area contributed by atoms with Crippen LogP contribution in [0, 0.1) is 12.8 Å². The third kappa shape index (κ3) is 2.55. The van der Waals surface area contributed by atoms with Gasteiger partial charge in [0.15, 0.2) is 11.6 Å². The summed E-state index contributed by atoms with van der Waals surface area (Å²) in [5.74, 6) is 0.830. The Morgan fingerprint density at radius 2 is 1.64 bits per heavy atom. The van der Waals surface area contributed by atoms with Crippen LogP contribution in [0.1, 0.15) is 77.8 Å². The summed E-state index contributed by atoms with van der Waals surface area (Å²) in [5.41, 5.74) is 5.11. The molecule has 0 heterocycles. The third-order valence-corrected chi connectivity index (χ3v) is 4.84. The molecule has 0 atom stereocenters. The van der Waals surface area contributed by atoms with Gasteiger partial charge in [-0.25, -0.2) is 0 Å². The quantitative estimate of drug-likeness (QED) is 0.800. The maximum Gasteiger partial charge on any atom is 0.190 e. The van der Waals surface area contributed by atoms with Crippen molar-refractivity contribution in [2.24, 2.45) is 5.92 Å². The van der Waals surface area contributed by atoms with E-state index >= 15 is 0 Å². The molecule has 2 aliphatic rings. The maximum atomic E-state index is 13.0. The number of benzene rings is 1.